The quantitative estimate of drug-likeness (QED) is 0.566. The molecule has 0 saturated heterocycles. The Morgan fingerprint density at radius 1 is 0.842 bits per heavy atom. The van der Waals surface area contributed by atoms with Crippen LogP contribution in [0.4, 0.5) is 0 Å². The van der Waals surface area contributed by atoms with Crippen LogP contribution in [0.2, 0.25) is 0 Å². The van der Waals surface area contributed by atoms with Crippen LogP contribution in [0.5, 0.6) is 0 Å². The molecule has 0 radical (unpaired) electrons. The van der Waals surface area contributed by atoms with Gasteiger partial charge in [-0.2, -0.15) is 0 Å². The van der Waals surface area contributed by atoms with Gasteiger partial charge in [0.15, 0.2) is 0 Å². The molecule has 1 heterocycles. The molecule has 19 heavy (non-hydrogen) atoms. The minimum Gasteiger partial charge on any atom is -0.256 e. The van der Waals surface area contributed by atoms with Gasteiger partial charge in [0.2, 0.25) is 0 Å². The van der Waals surface area contributed by atoms with E-state index in [-0.39, 0.29) is 5.41 Å². The molecule has 1 aliphatic carbocycles. The Morgan fingerprint density at radius 2 is 1.63 bits per heavy atom. The Labute approximate surface area is 112 Å². The Balaban J connectivity index is 2.28. The number of rotatable bonds is 0. The van der Waals surface area contributed by atoms with Crippen molar-refractivity contribution in [3.8, 4) is 11.3 Å². The number of fused-ring (bicyclic) bond motifs is 2. The zero-order valence-electron chi connectivity index (χ0n) is 11.1. The summed E-state index contributed by atoms with van der Waals surface area (Å²) in [4.78, 5) is 4.64. The second-order valence-electron chi connectivity index (χ2n) is 5.73. The van der Waals surface area contributed by atoms with E-state index in [9.17, 15) is 0 Å². The molecule has 0 bridgehead atoms. The summed E-state index contributed by atoms with van der Waals surface area (Å²) in [5.41, 5.74) is 5.19. The zero-order chi connectivity index (χ0) is 13.0. The van der Waals surface area contributed by atoms with Crippen molar-refractivity contribution in [3.63, 3.8) is 0 Å². The zero-order valence-corrected chi connectivity index (χ0v) is 11.1. The van der Waals surface area contributed by atoms with E-state index < -0.39 is 0 Å². The molecule has 0 fully saturated rings. The van der Waals surface area contributed by atoms with Crippen molar-refractivity contribution in [2.75, 3.05) is 0 Å². The third-order valence-corrected chi connectivity index (χ3v) is 4.32. The molecule has 0 saturated carbocycles. The lowest BCUT2D eigenvalue weighted by Crippen LogP contribution is -2.23. The molecule has 0 atom stereocenters. The number of benzene rings is 2. The predicted molar refractivity (Wildman–Crippen MR) is 79.3 cm³/mol. The summed E-state index contributed by atoms with van der Waals surface area (Å²) in [5.74, 6) is 0. The first kappa shape index (κ1) is 10.7. The summed E-state index contributed by atoms with van der Waals surface area (Å²) in [7, 11) is 0. The number of aromatic nitrogens is 1. The number of nitrogens with zero attached hydrogens (tertiary/aromatic N) is 1. The van der Waals surface area contributed by atoms with Gasteiger partial charge in [-0.15, -0.1) is 0 Å². The van der Waals surface area contributed by atoms with Crippen molar-refractivity contribution < 1.29 is 0 Å². The van der Waals surface area contributed by atoms with E-state index in [1.165, 1.54) is 27.5 Å². The Morgan fingerprint density at radius 3 is 2.53 bits per heavy atom. The van der Waals surface area contributed by atoms with Crippen LogP contribution < -0.4 is 0 Å². The standard InChI is InChI=1S/C18H15N/c1-18(2)14-8-4-3-7-13(14)17-16-12(10-11-19-17)6-5-9-15(16)18/h3-11H,1-2H3. The van der Waals surface area contributed by atoms with Crippen LogP contribution in [-0.4, -0.2) is 4.98 Å². The summed E-state index contributed by atoms with van der Waals surface area (Å²) in [6, 6.07) is 17.3. The number of hydrogen-bond acceptors (Lipinski definition) is 1. The highest BCUT2D eigenvalue weighted by Gasteiger charge is 2.33. The van der Waals surface area contributed by atoms with Crippen LogP contribution in [0, 0.1) is 0 Å². The highest BCUT2D eigenvalue weighted by atomic mass is 14.7. The smallest absolute Gasteiger partial charge is 0.0786 e. The summed E-state index contributed by atoms with van der Waals surface area (Å²) in [5, 5.41) is 2.60. The van der Waals surface area contributed by atoms with Crippen LogP contribution in [0.1, 0.15) is 25.0 Å². The predicted octanol–water partition coefficient (Wildman–Crippen LogP) is 4.54. The largest absolute Gasteiger partial charge is 0.256 e. The van der Waals surface area contributed by atoms with Crippen LogP contribution in [0.3, 0.4) is 0 Å². The van der Waals surface area contributed by atoms with Crippen LogP contribution in [-0.2, 0) is 5.41 Å². The average Bonchev–Trinajstić information content (AvgIpc) is 2.45. The van der Waals surface area contributed by atoms with Gasteiger partial charge in [-0.25, -0.2) is 0 Å². The second kappa shape index (κ2) is 3.45. The molecule has 2 aromatic carbocycles. The minimum absolute atomic E-state index is 0.0339. The molecule has 4 rings (SSSR count). The first-order valence-electron chi connectivity index (χ1n) is 6.68. The average molecular weight is 245 g/mol. The molecule has 0 amide bonds. The summed E-state index contributed by atoms with van der Waals surface area (Å²) >= 11 is 0. The van der Waals surface area contributed by atoms with Gasteiger partial charge in [0.1, 0.15) is 0 Å². The van der Waals surface area contributed by atoms with Crippen molar-refractivity contribution in [2.24, 2.45) is 0 Å². The van der Waals surface area contributed by atoms with Gasteiger partial charge in [-0.1, -0.05) is 56.3 Å². The topological polar surface area (TPSA) is 12.9 Å². The van der Waals surface area contributed by atoms with E-state index in [1.54, 1.807) is 0 Å². The molecule has 0 N–H and O–H groups in total. The normalized spacial score (nSPS) is 15.3. The first-order valence-corrected chi connectivity index (χ1v) is 6.68. The molecule has 1 heteroatoms. The second-order valence-corrected chi connectivity index (χ2v) is 5.73. The molecule has 0 unspecified atom stereocenters. The maximum Gasteiger partial charge on any atom is 0.0786 e. The van der Waals surface area contributed by atoms with Crippen molar-refractivity contribution in [3.05, 3.63) is 65.9 Å². The fourth-order valence-corrected chi connectivity index (χ4v) is 3.33. The monoisotopic (exact) mass is 245 g/mol. The van der Waals surface area contributed by atoms with Gasteiger partial charge in [-0.05, 0) is 22.6 Å². The fraction of sp³-hybridized carbons (Fsp3) is 0.167. The Bertz CT molecular complexity index is 794. The number of pyridine rings is 1. The summed E-state index contributed by atoms with van der Waals surface area (Å²) in [6.45, 7) is 4.60. The summed E-state index contributed by atoms with van der Waals surface area (Å²) < 4.78 is 0. The fourth-order valence-electron chi connectivity index (χ4n) is 3.33. The molecule has 1 aromatic heterocycles. The van der Waals surface area contributed by atoms with Gasteiger partial charge in [0.05, 0.1) is 5.69 Å². The Kier molecular flexibility index (Phi) is 1.95. The van der Waals surface area contributed by atoms with Gasteiger partial charge in [0.25, 0.3) is 0 Å². The van der Waals surface area contributed by atoms with Gasteiger partial charge >= 0.3 is 0 Å². The lowest BCUT2D eigenvalue weighted by atomic mass is 9.70. The molecule has 0 aliphatic heterocycles. The lowest BCUT2D eigenvalue weighted by molar-refractivity contribution is 0.644. The van der Waals surface area contributed by atoms with Gasteiger partial charge in [-0.3, -0.25) is 4.98 Å². The summed E-state index contributed by atoms with van der Waals surface area (Å²) in [6.07, 6.45) is 1.91. The van der Waals surface area contributed by atoms with Crippen LogP contribution in [0.15, 0.2) is 54.7 Å². The maximum atomic E-state index is 4.64. The highest BCUT2D eigenvalue weighted by molar-refractivity contribution is 6.01. The maximum absolute atomic E-state index is 4.64. The molecule has 3 aromatic rings. The van der Waals surface area contributed by atoms with Crippen molar-refractivity contribution in [1.29, 1.82) is 0 Å². The van der Waals surface area contributed by atoms with Gasteiger partial charge < -0.3 is 0 Å². The van der Waals surface area contributed by atoms with Crippen molar-refractivity contribution >= 4 is 10.8 Å². The molecule has 0 spiro atoms. The van der Waals surface area contributed by atoms with E-state index in [0.717, 1.165) is 5.69 Å². The van der Waals surface area contributed by atoms with E-state index in [2.05, 4.69) is 67.4 Å². The van der Waals surface area contributed by atoms with E-state index in [4.69, 9.17) is 0 Å². The highest BCUT2D eigenvalue weighted by Crippen LogP contribution is 2.47. The SMILES string of the molecule is CC1(C)c2ccccc2-c2nccc3cccc1c23. The van der Waals surface area contributed by atoms with E-state index in [0.29, 0.717) is 0 Å². The van der Waals surface area contributed by atoms with E-state index in [1.807, 2.05) is 6.20 Å². The van der Waals surface area contributed by atoms with Crippen LogP contribution >= 0.6 is 0 Å². The van der Waals surface area contributed by atoms with Gasteiger partial charge in [0, 0.05) is 22.6 Å². The molecule has 92 valence electrons. The molecular formula is C18H15N. The molecule has 1 aliphatic rings. The third kappa shape index (κ3) is 1.27. The number of hydrogen-bond donors (Lipinski definition) is 0. The van der Waals surface area contributed by atoms with Crippen LogP contribution in [0.25, 0.3) is 22.0 Å². The Hall–Kier alpha value is -2.15. The van der Waals surface area contributed by atoms with Crippen molar-refractivity contribution in [2.45, 2.75) is 19.3 Å². The first-order chi connectivity index (χ1) is 9.19. The van der Waals surface area contributed by atoms with Crippen molar-refractivity contribution in [1.82, 2.24) is 4.98 Å². The third-order valence-electron chi connectivity index (χ3n) is 4.32. The minimum atomic E-state index is 0.0339. The molecular weight excluding hydrogens is 230 g/mol. The molecule has 1 nitrogen and oxygen atoms in total. The van der Waals surface area contributed by atoms with E-state index >= 15 is 0 Å². The lowest BCUT2D eigenvalue weighted by Gasteiger charge is -2.34.